The van der Waals surface area contributed by atoms with Crippen LogP contribution in [0.25, 0.3) is 10.9 Å². The van der Waals surface area contributed by atoms with Crippen molar-refractivity contribution in [1.29, 1.82) is 0 Å². The molecule has 73 heavy (non-hydrogen) atoms. The zero-order valence-electron chi connectivity index (χ0n) is 45.1. The van der Waals surface area contributed by atoms with E-state index in [2.05, 4.69) is 15.6 Å². The van der Waals surface area contributed by atoms with Crippen molar-refractivity contribution in [1.82, 2.24) is 35.2 Å². The van der Waals surface area contributed by atoms with Crippen LogP contribution in [0.4, 0.5) is 0 Å². The SMILES string of the molecule is CCC(C)C(C(CC(=O)N1CCC[C@H]1C(OC)C(C)C(=O)NC(Cc1c[nH]c2ccccc12)C(N)=O)OC)N(C)C(=O)C(NC(=O)C(C(C)C)N(C)CCOCCOCCOCCN1C(=O)C=CC1=O)C(C)C. The lowest BCUT2D eigenvalue weighted by Crippen LogP contribution is -2.60. The predicted octanol–water partition coefficient (Wildman–Crippen LogP) is 2.67. The van der Waals surface area contributed by atoms with Crippen LogP contribution in [0.1, 0.15) is 79.7 Å². The number of likely N-dealkylation sites (N-methyl/N-ethyl adjacent to an activating group) is 2. The number of hydrogen-bond acceptors (Lipinski definition) is 13. The average molecular weight is 1030 g/mol. The summed E-state index contributed by atoms with van der Waals surface area (Å²) in [6.07, 6.45) is 5.00. The summed E-state index contributed by atoms with van der Waals surface area (Å²) in [6.45, 7) is 16.3. The third kappa shape index (κ3) is 16.6. The number of H-pyrrole nitrogens is 1. The molecule has 3 heterocycles. The number of nitrogens with one attached hydrogen (secondary N) is 3. The number of carbonyl (C=O) groups excluding carboxylic acids is 7. The van der Waals surface area contributed by atoms with Crippen LogP contribution in [0.5, 0.6) is 0 Å². The first kappa shape index (κ1) is 60.3. The molecule has 5 N–H and O–H groups in total. The number of aromatic nitrogens is 1. The van der Waals surface area contributed by atoms with Gasteiger partial charge in [-0.15, -0.1) is 0 Å². The number of nitrogens with zero attached hydrogens (tertiary/aromatic N) is 4. The number of para-hydroxylation sites is 1. The highest BCUT2D eigenvalue weighted by atomic mass is 16.5. The van der Waals surface area contributed by atoms with Gasteiger partial charge in [0.15, 0.2) is 0 Å². The number of imide groups is 1. The molecule has 0 radical (unpaired) electrons. The minimum absolute atomic E-state index is 0.0438. The smallest absolute Gasteiger partial charge is 0.253 e. The van der Waals surface area contributed by atoms with E-state index in [0.29, 0.717) is 65.4 Å². The molecule has 0 aliphatic carbocycles. The molecule has 2 aliphatic rings. The highest BCUT2D eigenvalue weighted by Crippen LogP contribution is 2.30. The number of rotatable bonds is 33. The molecule has 408 valence electrons. The Morgan fingerprint density at radius 1 is 0.836 bits per heavy atom. The molecular formula is C53H84N8O12. The molecule has 1 aromatic carbocycles. The van der Waals surface area contributed by atoms with Crippen molar-refractivity contribution in [3.63, 3.8) is 0 Å². The van der Waals surface area contributed by atoms with E-state index in [1.54, 1.807) is 23.8 Å². The van der Waals surface area contributed by atoms with Gasteiger partial charge in [0, 0.05) is 70.0 Å². The Hall–Kier alpha value is -5.25. The van der Waals surface area contributed by atoms with Gasteiger partial charge in [-0.3, -0.25) is 43.4 Å². The Bertz CT molecular complexity index is 2150. The Labute approximate surface area is 431 Å². The lowest BCUT2D eigenvalue weighted by Gasteiger charge is -2.41. The number of methoxy groups -OCH3 is 2. The van der Waals surface area contributed by atoms with Crippen LogP contribution < -0.4 is 16.4 Å². The lowest BCUT2D eigenvalue weighted by atomic mass is 9.89. The molecule has 4 rings (SSSR count). The number of hydrogen-bond donors (Lipinski definition) is 4. The predicted molar refractivity (Wildman–Crippen MR) is 276 cm³/mol. The number of fused-ring (bicyclic) bond motifs is 1. The van der Waals surface area contributed by atoms with Gasteiger partial charge in [-0.1, -0.05) is 73.1 Å². The first-order valence-corrected chi connectivity index (χ1v) is 25.8. The van der Waals surface area contributed by atoms with Gasteiger partial charge < -0.3 is 54.8 Å². The zero-order valence-corrected chi connectivity index (χ0v) is 45.1. The summed E-state index contributed by atoms with van der Waals surface area (Å²) in [7, 11) is 6.60. The molecule has 0 bridgehead atoms. The Kier molecular flexibility index (Phi) is 24.4. The minimum atomic E-state index is -0.974. The summed E-state index contributed by atoms with van der Waals surface area (Å²) in [5.41, 5.74) is 7.56. The van der Waals surface area contributed by atoms with Crippen molar-refractivity contribution in [2.24, 2.45) is 29.4 Å². The van der Waals surface area contributed by atoms with Gasteiger partial charge >= 0.3 is 0 Å². The van der Waals surface area contributed by atoms with Gasteiger partial charge in [-0.25, -0.2) is 0 Å². The molecule has 1 aromatic heterocycles. The summed E-state index contributed by atoms with van der Waals surface area (Å²) in [4.78, 5) is 103. The standard InChI is InChI=1S/C53H84N8O12/c1-12-35(6)48(42(69-10)31-45(64)60-21-15-18-41(60)49(70-11)36(7)51(66)56-40(50(54)65)30-37-32-55-39-17-14-13-16-38(37)39)59(9)53(68)46(33(2)3)57-52(67)47(34(4)5)58(8)22-24-71-26-28-73-29-27-72-25-23-61-43(62)19-20-44(61)63/h13-14,16-17,19-20,32-36,40-42,46-49,55H,12,15,18,21-31H2,1-11H3,(H2,54,65)(H,56,66)(H,57,67)/t35?,36?,40?,41-,42?,46?,47?,48?,49?/m0/s1. The number of ether oxygens (including phenoxy) is 5. The number of carbonyl (C=O) groups is 7. The maximum absolute atomic E-state index is 14.6. The van der Waals surface area contributed by atoms with Crippen LogP contribution >= 0.6 is 0 Å². The number of nitrogens with two attached hydrogens (primary N) is 1. The number of aromatic amines is 1. The molecule has 8 unspecified atom stereocenters. The second-order valence-electron chi connectivity index (χ2n) is 20.0. The fraction of sp³-hybridized carbons (Fsp3) is 0.679. The Morgan fingerprint density at radius 2 is 1.47 bits per heavy atom. The number of likely N-dealkylation sites (tertiary alicyclic amines) is 1. The summed E-state index contributed by atoms with van der Waals surface area (Å²) in [6, 6.07) is 4.28. The molecule has 1 fully saturated rings. The topological polar surface area (TPSA) is 244 Å². The summed E-state index contributed by atoms with van der Waals surface area (Å²) < 4.78 is 28.9. The van der Waals surface area contributed by atoms with Gasteiger partial charge in [-0.2, -0.15) is 0 Å². The lowest BCUT2D eigenvalue weighted by molar-refractivity contribution is -0.148. The highest BCUT2D eigenvalue weighted by molar-refractivity contribution is 6.12. The van der Waals surface area contributed by atoms with Crippen LogP contribution in [0, 0.1) is 23.7 Å². The van der Waals surface area contributed by atoms with Gasteiger partial charge in [0.2, 0.25) is 29.5 Å². The third-order valence-corrected chi connectivity index (χ3v) is 14.3. The molecule has 2 aromatic rings. The van der Waals surface area contributed by atoms with Gasteiger partial charge in [-0.05, 0) is 49.3 Å². The summed E-state index contributed by atoms with van der Waals surface area (Å²) in [5, 5.41) is 6.86. The number of primary amides is 1. The van der Waals surface area contributed by atoms with E-state index in [4.69, 9.17) is 29.4 Å². The first-order chi connectivity index (χ1) is 34.8. The Balaban J connectivity index is 1.32. The van der Waals surface area contributed by atoms with E-state index in [9.17, 15) is 33.6 Å². The fourth-order valence-electron chi connectivity index (χ4n) is 10.0. The van der Waals surface area contributed by atoms with Crippen LogP contribution in [-0.4, -0.2) is 196 Å². The first-order valence-electron chi connectivity index (χ1n) is 25.8. The zero-order chi connectivity index (χ0) is 53.9. The fourth-order valence-corrected chi connectivity index (χ4v) is 10.0. The molecular weight excluding hydrogens is 941 g/mol. The van der Waals surface area contributed by atoms with Gasteiger partial charge in [0.1, 0.15) is 12.1 Å². The van der Waals surface area contributed by atoms with E-state index >= 15 is 0 Å². The Morgan fingerprint density at radius 3 is 2.05 bits per heavy atom. The maximum Gasteiger partial charge on any atom is 0.253 e. The molecule has 0 spiro atoms. The molecule has 7 amide bonds. The third-order valence-electron chi connectivity index (χ3n) is 14.3. The van der Waals surface area contributed by atoms with E-state index < -0.39 is 60.1 Å². The number of amides is 7. The van der Waals surface area contributed by atoms with Crippen molar-refractivity contribution in [2.45, 2.75) is 123 Å². The van der Waals surface area contributed by atoms with Crippen molar-refractivity contribution >= 4 is 52.3 Å². The normalized spacial score (nSPS) is 18.3. The monoisotopic (exact) mass is 1020 g/mol. The van der Waals surface area contributed by atoms with E-state index in [-0.39, 0.29) is 73.3 Å². The largest absolute Gasteiger partial charge is 0.379 e. The summed E-state index contributed by atoms with van der Waals surface area (Å²) >= 11 is 0. The minimum Gasteiger partial charge on any atom is -0.379 e. The summed E-state index contributed by atoms with van der Waals surface area (Å²) in [5.74, 6) is -3.79. The van der Waals surface area contributed by atoms with Crippen LogP contribution in [0.15, 0.2) is 42.6 Å². The van der Waals surface area contributed by atoms with Crippen molar-refractivity contribution in [3.05, 3.63) is 48.2 Å². The van der Waals surface area contributed by atoms with Gasteiger partial charge in [0.25, 0.3) is 11.8 Å². The average Bonchev–Trinajstić information content (AvgIpc) is 4.10. The van der Waals surface area contributed by atoms with E-state index in [0.717, 1.165) is 21.4 Å². The molecule has 20 heteroatoms. The molecule has 2 aliphatic heterocycles. The van der Waals surface area contributed by atoms with Gasteiger partial charge in [0.05, 0.1) is 88.9 Å². The maximum atomic E-state index is 14.6. The second kappa shape index (κ2) is 29.6. The highest BCUT2D eigenvalue weighted by Gasteiger charge is 2.43. The van der Waals surface area contributed by atoms with E-state index in [1.165, 1.54) is 26.4 Å². The van der Waals surface area contributed by atoms with E-state index in [1.807, 2.05) is 84.0 Å². The second-order valence-corrected chi connectivity index (χ2v) is 20.0. The van der Waals surface area contributed by atoms with Crippen molar-refractivity contribution < 1.29 is 57.2 Å². The molecule has 9 atom stereocenters. The van der Waals surface area contributed by atoms with Crippen LogP contribution in [0.2, 0.25) is 0 Å². The molecule has 0 saturated carbocycles. The van der Waals surface area contributed by atoms with Crippen LogP contribution in [0.3, 0.4) is 0 Å². The van der Waals surface area contributed by atoms with Crippen molar-refractivity contribution in [2.75, 3.05) is 87.6 Å². The quantitative estimate of drug-likeness (QED) is 0.0595. The molecule has 1 saturated heterocycles. The number of benzene rings is 1. The van der Waals surface area contributed by atoms with Crippen LogP contribution in [-0.2, 0) is 63.7 Å². The molecule has 20 nitrogen and oxygen atoms in total. The van der Waals surface area contributed by atoms with Crippen molar-refractivity contribution in [3.8, 4) is 0 Å².